The zero-order valence-corrected chi connectivity index (χ0v) is 16.6. The van der Waals surface area contributed by atoms with E-state index in [0.29, 0.717) is 13.0 Å². The number of carbonyl (C=O) groups excluding carboxylic acids is 1. The Morgan fingerprint density at radius 3 is 2.61 bits per heavy atom. The van der Waals surface area contributed by atoms with Crippen LogP contribution in [0.1, 0.15) is 23.5 Å². The molecule has 3 heterocycles. The fourth-order valence-corrected chi connectivity index (χ4v) is 3.89. The quantitative estimate of drug-likeness (QED) is 0.686. The minimum Gasteiger partial charge on any atom is -0.340 e. The molecule has 0 unspecified atom stereocenters. The summed E-state index contributed by atoms with van der Waals surface area (Å²) in [4.78, 5) is 26.2. The molecular weight excluding hydrogens is 350 g/mol. The van der Waals surface area contributed by atoms with Gasteiger partial charge < -0.3 is 9.47 Å². The normalized spacial score (nSPS) is 15.3. The van der Waals surface area contributed by atoms with Crippen LogP contribution < -0.4 is 0 Å². The van der Waals surface area contributed by atoms with E-state index in [1.165, 1.54) is 5.56 Å². The molecule has 146 valence electrons. The lowest BCUT2D eigenvalue weighted by molar-refractivity contribution is -0.133. The van der Waals surface area contributed by atoms with Crippen molar-refractivity contribution in [2.75, 3.05) is 26.2 Å². The van der Waals surface area contributed by atoms with Crippen molar-refractivity contribution in [2.24, 2.45) is 0 Å². The van der Waals surface area contributed by atoms with Gasteiger partial charge in [0, 0.05) is 51.9 Å². The van der Waals surface area contributed by atoms with Crippen LogP contribution in [0.15, 0.2) is 42.6 Å². The lowest BCUT2D eigenvalue weighted by Crippen LogP contribution is -2.48. The zero-order chi connectivity index (χ0) is 19.5. The first-order valence-corrected chi connectivity index (χ1v) is 9.94. The smallest absolute Gasteiger partial charge is 0.224 e. The second kappa shape index (κ2) is 8.10. The monoisotopic (exact) mass is 377 g/mol. The van der Waals surface area contributed by atoms with Gasteiger partial charge in [-0.05, 0) is 37.6 Å². The number of nitrogens with zero attached hydrogens (tertiary/aromatic N) is 5. The molecule has 2 aromatic heterocycles. The maximum Gasteiger partial charge on any atom is 0.224 e. The van der Waals surface area contributed by atoms with Crippen molar-refractivity contribution in [2.45, 2.75) is 33.4 Å². The highest BCUT2D eigenvalue weighted by Gasteiger charge is 2.22. The number of imidazole rings is 1. The molecule has 0 N–H and O–H groups in total. The van der Waals surface area contributed by atoms with Gasteiger partial charge in [-0.3, -0.25) is 14.7 Å². The second-order valence-electron chi connectivity index (χ2n) is 7.47. The number of hydrogen-bond donors (Lipinski definition) is 0. The third-order valence-electron chi connectivity index (χ3n) is 5.61. The maximum absolute atomic E-state index is 12.7. The number of rotatable bonds is 5. The predicted molar refractivity (Wildman–Crippen MR) is 110 cm³/mol. The van der Waals surface area contributed by atoms with E-state index in [2.05, 4.69) is 38.5 Å². The summed E-state index contributed by atoms with van der Waals surface area (Å²) in [5.74, 6) is 1.19. The molecule has 6 nitrogen and oxygen atoms in total. The van der Waals surface area contributed by atoms with Gasteiger partial charge in [-0.25, -0.2) is 4.98 Å². The second-order valence-corrected chi connectivity index (χ2v) is 7.47. The van der Waals surface area contributed by atoms with Crippen LogP contribution in [0.4, 0.5) is 0 Å². The number of pyridine rings is 1. The van der Waals surface area contributed by atoms with E-state index in [9.17, 15) is 4.79 Å². The Labute approximate surface area is 165 Å². The van der Waals surface area contributed by atoms with Crippen LogP contribution in [-0.2, 0) is 17.9 Å². The largest absolute Gasteiger partial charge is 0.340 e. The molecule has 0 saturated carbocycles. The number of amides is 1. The van der Waals surface area contributed by atoms with E-state index in [1.807, 2.05) is 42.3 Å². The molecular formula is C22H27N5O. The van der Waals surface area contributed by atoms with Crippen molar-refractivity contribution < 1.29 is 4.79 Å². The molecule has 0 atom stereocenters. The Hall–Kier alpha value is -2.73. The van der Waals surface area contributed by atoms with Crippen LogP contribution in [0.5, 0.6) is 0 Å². The molecule has 0 bridgehead atoms. The molecule has 1 aliphatic heterocycles. The average Bonchev–Trinajstić information content (AvgIpc) is 3.03. The molecule has 3 aromatic rings. The Balaban J connectivity index is 1.31. The van der Waals surface area contributed by atoms with Crippen LogP contribution in [-0.4, -0.2) is 56.4 Å². The third kappa shape index (κ3) is 3.92. The number of aromatic nitrogens is 3. The highest BCUT2D eigenvalue weighted by molar-refractivity contribution is 5.78. The number of hydrogen-bond acceptors (Lipinski definition) is 4. The molecule has 1 saturated heterocycles. The fraction of sp³-hybridized carbons (Fsp3) is 0.409. The summed E-state index contributed by atoms with van der Waals surface area (Å²) >= 11 is 0. The van der Waals surface area contributed by atoms with Crippen LogP contribution in [0, 0.1) is 13.8 Å². The number of fused-ring (bicyclic) bond motifs is 1. The number of piperazine rings is 1. The van der Waals surface area contributed by atoms with Crippen LogP contribution in [0.25, 0.3) is 11.0 Å². The predicted octanol–water partition coefficient (Wildman–Crippen LogP) is 2.78. The first kappa shape index (κ1) is 18.6. The number of carbonyl (C=O) groups is 1. The fourth-order valence-electron chi connectivity index (χ4n) is 3.89. The molecule has 6 heteroatoms. The van der Waals surface area contributed by atoms with Gasteiger partial charge in [0.25, 0.3) is 0 Å². The minimum absolute atomic E-state index is 0.228. The van der Waals surface area contributed by atoms with Gasteiger partial charge >= 0.3 is 0 Å². The molecule has 0 radical (unpaired) electrons. The van der Waals surface area contributed by atoms with E-state index in [0.717, 1.165) is 55.3 Å². The Morgan fingerprint density at radius 1 is 1.04 bits per heavy atom. The van der Waals surface area contributed by atoms with Crippen molar-refractivity contribution in [3.8, 4) is 0 Å². The number of benzene rings is 1. The van der Waals surface area contributed by atoms with Gasteiger partial charge in [0.1, 0.15) is 5.82 Å². The molecule has 1 amide bonds. The molecule has 28 heavy (non-hydrogen) atoms. The topological polar surface area (TPSA) is 54.3 Å². The highest BCUT2D eigenvalue weighted by Crippen LogP contribution is 2.17. The van der Waals surface area contributed by atoms with Gasteiger partial charge in [0.05, 0.1) is 16.7 Å². The lowest BCUT2D eigenvalue weighted by Gasteiger charge is -2.34. The van der Waals surface area contributed by atoms with E-state index < -0.39 is 0 Å². The Kier molecular flexibility index (Phi) is 5.39. The zero-order valence-electron chi connectivity index (χ0n) is 16.6. The maximum atomic E-state index is 12.7. The summed E-state index contributed by atoms with van der Waals surface area (Å²) in [7, 11) is 0. The van der Waals surface area contributed by atoms with Gasteiger partial charge in [-0.1, -0.05) is 18.2 Å². The summed E-state index contributed by atoms with van der Waals surface area (Å²) in [5.41, 5.74) is 4.45. The molecule has 0 spiro atoms. The van der Waals surface area contributed by atoms with Gasteiger partial charge in [-0.15, -0.1) is 0 Å². The van der Waals surface area contributed by atoms with E-state index in [1.54, 1.807) is 0 Å². The Morgan fingerprint density at radius 2 is 1.82 bits per heavy atom. The van der Waals surface area contributed by atoms with Crippen molar-refractivity contribution in [1.82, 2.24) is 24.3 Å². The highest BCUT2D eigenvalue weighted by atomic mass is 16.2. The lowest BCUT2D eigenvalue weighted by atomic mass is 10.2. The summed E-state index contributed by atoms with van der Waals surface area (Å²) in [5, 5.41) is 0. The molecule has 1 fully saturated rings. The molecule has 0 aliphatic carbocycles. The molecule has 4 rings (SSSR count). The Bertz CT molecular complexity index is 972. The summed E-state index contributed by atoms with van der Waals surface area (Å²) < 4.78 is 2.15. The third-order valence-corrected chi connectivity index (χ3v) is 5.61. The minimum atomic E-state index is 0.228. The molecule has 1 aliphatic rings. The van der Waals surface area contributed by atoms with Crippen molar-refractivity contribution in [1.29, 1.82) is 0 Å². The van der Waals surface area contributed by atoms with Gasteiger partial charge in [-0.2, -0.15) is 0 Å². The first-order valence-electron chi connectivity index (χ1n) is 9.94. The van der Waals surface area contributed by atoms with Crippen molar-refractivity contribution >= 4 is 16.9 Å². The van der Waals surface area contributed by atoms with E-state index in [4.69, 9.17) is 0 Å². The SMILES string of the molecule is Cc1cccnc1CN1CCN(C(=O)CCn2c(C)nc3ccccc32)CC1. The summed E-state index contributed by atoms with van der Waals surface area (Å²) in [6.45, 7) is 9.01. The summed E-state index contributed by atoms with van der Waals surface area (Å²) in [6, 6.07) is 12.2. The van der Waals surface area contributed by atoms with E-state index in [-0.39, 0.29) is 5.91 Å². The number of aryl methyl sites for hydroxylation is 3. The first-order chi connectivity index (χ1) is 13.6. The van der Waals surface area contributed by atoms with Crippen molar-refractivity contribution in [3.05, 3.63) is 59.7 Å². The standard InChI is InChI=1S/C22H27N5O/c1-17-6-5-10-23-20(17)16-25-12-14-26(15-13-25)22(28)9-11-27-18(2)24-19-7-3-4-8-21(19)27/h3-8,10H,9,11-16H2,1-2H3. The van der Waals surface area contributed by atoms with Gasteiger partial charge in [0.15, 0.2) is 0 Å². The van der Waals surface area contributed by atoms with Crippen molar-refractivity contribution in [3.63, 3.8) is 0 Å². The molecule has 1 aromatic carbocycles. The number of para-hydroxylation sites is 2. The summed E-state index contributed by atoms with van der Waals surface area (Å²) in [6.07, 6.45) is 2.37. The van der Waals surface area contributed by atoms with Crippen LogP contribution in [0.2, 0.25) is 0 Å². The average molecular weight is 377 g/mol. The van der Waals surface area contributed by atoms with Crippen LogP contribution in [0.3, 0.4) is 0 Å². The van der Waals surface area contributed by atoms with Crippen LogP contribution >= 0.6 is 0 Å². The van der Waals surface area contributed by atoms with E-state index >= 15 is 0 Å². The van der Waals surface area contributed by atoms with Gasteiger partial charge in [0.2, 0.25) is 5.91 Å².